The van der Waals surface area contributed by atoms with Crippen LogP contribution in [0.1, 0.15) is 68.9 Å². The third-order valence-corrected chi connectivity index (χ3v) is 8.81. The number of hydrogen-bond acceptors (Lipinski definition) is 6. The van der Waals surface area contributed by atoms with Crippen molar-refractivity contribution in [2.24, 2.45) is 5.92 Å². The number of hydrogen-bond donors (Lipinski definition) is 1. The molecule has 16 heteroatoms. The van der Waals surface area contributed by atoms with Gasteiger partial charge in [-0.15, -0.1) is 23.2 Å². The van der Waals surface area contributed by atoms with Crippen LogP contribution in [0, 0.1) is 23.4 Å². The Kier molecular flexibility index (Phi) is 11.4. The van der Waals surface area contributed by atoms with Gasteiger partial charge in [-0.3, -0.25) is 9.59 Å². The van der Waals surface area contributed by atoms with Gasteiger partial charge in [0.2, 0.25) is 5.91 Å². The van der Waals surface area contributed by atoms with Crippen LogP contribution >= 0.6 is 58.0 Å². The molecule has 268 valence electrons. The molecule has 0 heterocycles. The van der Waals surface area contributed by atoms with Gasteiger partial charge in [0.05, 0.1) is 10.9 Å². The number of ketones is 1. The first kappa shape index (κ1) is 39.6. The minimum Gasteiger partial charge on any atom is -0.443 e. The van der Waals surface area contributed by atoms with E-state index in [0.717, 1.165) is 24.3 Å². The quantitative estimate of drug-likeness (QED) is 0.189. The monoisotopic (exact) mass is 794 g/mol. The molecule has 0 radical (unpaired) electrons. The fraction of sp³-hybridized carbons (Fsp3) is 0.353. The highest BCUT2D eigenvalue weighted by Gasteiger charge is 2.67. The van der Waals surface area contributed by atoms with Crippen LogP contribution in [-0.2, 0) is 20.7 Å². The molecule has 0 unspecified atom stereocenters. The maximum atomic E-state index is 16.0. The fourth-order valence-corrected chi connectivity index (χ4v) is 6.56. The first-order valence-electron chi connectivity index (χ1n) is 14.8. The van der Waals surface area contributed by atoms with Gasteiger partial charge in [-0.05, 0) is 89.1 Å². The number of amides is 3. The van der Waals surface area contributed by atoms with E-state index in [1.54, 1.807) is 12.1 Å². The lowest BCUT2D eigenvalue weighted by Gasteiger charge is -2.29. The summed E-state index contributed by atoms with van der Waals surface area (Å²) in [7, 11) is 0. The minimum absolute atomic E-state index is 0.0498. The highest BCUT2D eigenvalue weighted by Crippen LogP contribution is 2.65. The Balaban J connectivity index is 1.63. The Morgan fingerprint density at radius 1 is 0.820 bits per heavy atom. The van der Waals surface area contributed by atoms with Crippen molar-refractivity contribution in [2.45, 2.75) is 69.4 Å². The van der Waals surface area contributed by atoms with Crippen molar-refractivity contribution in [3.8, 4) is 0 Å². The van der Waals surface area contributed by atoms with Gasteiger partial charge in [0.1, 0.15) is 27.0 Å². The van der Waals surface area contributed by atoms with Gasteiger partial charge in [0.25, 0.3) is 0 Å². The zero-order valence-corrected chi connectivity index (χ0v) is 31.1. The van der Waals surface area contributed by atoms with Gasteiger partial charge in [0, 0.05) is 33.6 Å². The molecule has 3 aromatic rings. The molecule has 50 heavy (non-hydrogen) atoms. The number of rotatable bonds is 7. The lowest BCUT2D eigenvalue weighted by atomic mass is 10.0. The molecule has 0 aliphatic heterocycles. The van der Waals surface area contributed by atoms with Gasteiger partial charge in [-0.2, -0.15) is 4.90 Å². The van der Waals surface area contributed by atoms with E-state index in [1.807, 2.05) is 0 Å². The Morgan fingerprint density at radius 2 is 1.36 bits per heavy atom. The summed E-state index contributed by atoms with van der Waals surface area (Å²) in [6.45, 7) is 8.83. The number of benzene rings is 3. The number of alkyl halides is 2. The summed E-state index contributed by atoms with van der Waals surface area (Å²) in [5, 5.41) is 2.39. The topological polar surface area (TPSA) is 102 Å². The average molecular weight is 797 g/mol. The standard InChI is InChI=1S/C34H30Cl5F3N2O6/c1-32(2,3)49-30(47)44(31(48)50-33(4,5)6)28-21(40)8-7-15(27(28)42)11-23(45)20-13-19(14-22(41)26(20)37)43-29(46)25-24(34(25,38)39)16-9-17(35)12-18(36)10-16/h7-10,12-14,24-25H,11H2,1-6H3,(H,43,46)/t24-,25+/m0/s1. The summed E-state index contributed by atoms with van der Waals surface area (Å²) < 4.78 is 55.0. The highest BCUT2D eigenvalue weighted by atomic mass is 35.5. The van der Waals surface area contributed by atoms with Crippen LogP contribution in [0.3, 0.4) is 0 Å². The highest BCUT2D eigenvalue weighted by molar-refractivity contribution is 6.53. The lowest BCUT2D eigenvalue weighted by Crippen LogP contribution is -2.44. The van der Waals surface area contributed by atoms with E-state index < -0.39 is 97.0 Å². The molecule has 0 spiro atoms. The van der Waals surface area contributed by atoms with Crippen molar-refractivity contribution < 1.29 is 41.8 Å². The number of anilines is 2. The van der Waals surface area contributed by atoms with Crippen LogP contribution in [0.4, 0.5) is 34.1 Å². The maximum absolute atomic E-state index is 16.0. The number of halogens is 8. The molecule has 2 atom stereocenters. The molecule has 3 amide bonds. The second-order valence-electron chi connectivity index (χ2n) is 13.4. The van der Waals surface area contributed by atoms with Crippen LogP contribution in [0.2, 0.25) is 15.1 Å². The number of carbonyl (C=O) groups is 4. The number of Topliss-reactive ketones (excluding diaryl/α,β-unsaturated/α-hetero) is 1. The molecule has 1 saturated carbocycles. The Bertz CT molecular complexity index is 1850. The van der Waals surface area contributed by atoms with E-state index in [0.29, 0.717) is 5.56 Å². The van der Waals surface area contributed by atoms with Crippen LogP contribution in [0.25, 0.3) is 0 Å². The summed E-state index contributed by atoms with van der Waals surface area (Å²) in [6, 6.07) is 8.11. The molecule has 1 fully saturated rings. The van der Waals surface area contributed by atoms with E-state index in [1.165, 1.54) is 47.6 Å². The largest absolute Gasteiger partial charge is 0.443 e. The number of nitrogens with one attached hydrogen (secondary N) is 1. The van der Waals surface area contributed by atoms with Crippen LogP contribution in [0.5, 0.6) is 0 Å². The molecular weight excluding hydrogens is 767 g/mol. The van der Waals surface area contributed by atoms with Gasteiger partial charge in [-0.25, -0.2) is 22.8 Å². The van der Waals surface area contributed by atoms with Gasteiger partial charge in [-0.1, -0.05) is 40.9 Å². The van der Waals surface area contributed by atoms with Gasteiger partial charge < -0.3 is 14.8 Å². The average Bonchev–Trinajstić information content (AvgIpc) is 3.53. The fourth-order valence-electron chi connectivity index (χ4n) is 4.97. The smallest absolute Gasteiger partial charge is 0.424 e. The molecule has 1 N–H and O–H groups in total. The minimum atomic E-state index is -1.56. The zero-order valence-electron chi connectivity index (χ0n) is 27.3. The predicted octanol–water partition coefficient (Wildman–Crippen LogP) is 10.7. The van der Waals surface area contributed by atoms with Crippen LogP contribution in [-0.4, -0.2) is 39.4 Å². The van der Waals surface area contributed by atoms with E-state index in [2.05, 4.69) is 5.32 Å². The van der Waals surface area contributed by atoms with Crippen molar-refractivity contribution in [3.63, 3.8) is 0 Å². The molecular formula is C34H30Cl5F3N2O6. The van der Waals surface area contributed by atoms with Crippen LogP contribution < -0.4 is 10.2 Å². The van der Waals surface area contributed by atoms with Gasteiger partial charge in [0.15, 0.2) is 17.4 Å². The van der Waals surface area contributed by atoms with E-state index in [4.69, 9.17) is 67.5 Å². The van der Waals surface area contributed by atoms with Crippen molar-refractivity contribution in [2.75, 3.05) is 10.2 Å². The lowest BCUT2D eigenvalue weighted by molar-refractivity contribution is -0.117. The Labute approximate surface area is 311 Å². The van der Waals surface area contributed by atoms with Crippen molar-refractivity contribution in [1.82, 2.24) is 0 Å². The molecule has 0 saturated heterocycles. The first-order valence-corrected chi connectivity index (χ1v) is 16.7. The molecule has 1 aliphatic rings. The summed E-state index contributed by atoms with van der Waals surface area (Å²) in [6.07, 6.45) is -3.74. The van der Waals surface area contributed by atoms with E-state index in [9.17, 15) is 23.6 Å². The van der Waals surface area contributed by atoms with Crippen molar-refractivity contribution >= 4 is 93.3 Å². The SMILES string of the molecule is CC(C)(C)OC(=O)N(C(=O)OC(C)(C)C)c1c(F)ccc(CC(=O)c2cc(NC(=O)[C@H]3[C@H](c4cc(Cl)cc(Cl)c4)C3(Cl)Cl)cc(F)c2Cl)c1F. The third kappa shape index (κ3) is 8.98. The maximum Gasteiger partial charge on any atom is 0.424 e. The number of carbonyl (C=O) groups excluding carboxylic acids is 4. The number of imide groups is 1. The van der Waals surface area contributed by atoms with Crippen LogP contribution in [0.15, 0.2) is 42.5 Å². The summed E-state index contributed by atoms with van der Waals surface area (Å²) >= 11 is 31.1. The molecule has 4 rings (SSSR count). The second-order valence-corrected chi connectivity index (χ2v) is 16.1. The molecule has 8 nitrogen and oxygen atoms in total. The Morgan fingerprint density at radius 3 is 1.88 bits per heavy atom. The molecule has 3 aromatic carbocycles. The van der Waals surface area contributed by atoms with E-state index in [-0.39, 0.29) is 20.6 Å². The second kappa shape index (κ2) is 14.4. The number of nitrogens with zero attached hydrogens (tertiary/aromatic N) is 1. The normalized spacial score (nSPS) is 16.8. The third-order valence-electron chi connectivity index (χ3n) is 7.05. The molecule has 0 aromatic heterocycles. The summed E-state index contributed by atoms with van der Waals surface area (Å²) in [4.78, 5) is 52.8. The molecule has 1 aliphatic carbocycles. The molecule has 0 bridgehead atoms. The van der Waals surface area contributed by atoms with Crippen molar-refractivity contribution in [1.29, 1.82) is 0 Å². The zero-order chi connectivity index (χ0) is 37.7. The predicted molar refractivity (Wildman–Crippen MR) is 187 cm³/mol. The van der Waals surface area contributed by atoms with E-state index >= 15 is 8.78 Å². The summed E-state index contributed by atoms with van der Waals surface area (Å²) in [5.74, 6) is -7.38. The number of ether oxygens (including phenoxy) is 2. The Hall–Kier alpha value is -3.22. The summed E-state index contributed by atoms with van der Waals surface area (Å²) in [5.41, 5.74) is -4.22. The van der Waals surface area contributed by atoms with Crippen molar-refractivity contribution in [3.05, 3.63) is 91.7 Å². The first-order chi connectivity index (χ1) is 22.9. The van der Waals surface area contributed by atoms with Gasteiger partial charge >= 0.3 is 12.2 Å².